The van der Waals surface area contributed by atoms with Gasteiger partial charge in [-0.2, -0.15) is 0 Å². The lowest BCUT2D eigenvalue weighted by Crippen LogP contribution is -2.23. The molecule has 7 heteroatoms. The first-order valence-electron chi connectivity index (χ1n) is 10.3. The van der Waals surface area contributed by atoms with E-state index in [9.17, 15) is 9.90 Å². The first-order chi connectivity index (χ1) is 14.8. The topological polar surface area (TPSA) is 62.2 Å². The van der Waals surface area contributed by atoms with Crippen LogP contribution in [0.15, 0.2) is 48.5 Å². The molecule has 0 saturated carbocycles. The Bertz CT molecular complexity index is 1020. The molecule has 164 valence electrons. The lowest BCUT2D eigenvalue weighted by Gasteiger charge is -2.12. The molecule has 0 bridgehead atoms. The second-order valence-electron chi connectivity index (χ2n) is 7.96. The van der Waals surface area contributed by atoms with Crippen molar-refractivity contribution in [3.05, 3.63) is 69.0 Å². The zero-order valence-electron chi connectivity index (χ0n) is 17.6. The van der Waals surface area contributed by atoms with Gasteiger partial charge in [-0.1, -0.05) is 73.4 Å². The monoisotopic (exact) mass is 476 g/mol. The molecule has 0 aliphatic rings. The second-order valence-corrected chi connectivity index (χ2v) is 9.86. The van der Waals surface area contributed by atoms with Crippen molar-refractivity contribution in [2.45, 2.75) is 33.1 Å². The molecule has 0 fully saturated rings. The van der Waals surface area contributed by atoms with Gasteiger partial charge < -0.3 is 10.4 Å². The average molecular weight is 477 g/mol. The Kier molecular flexibility index (Phi) is 8.35. The van der Waals surface area contributed by atoms with E-state index in [0.29, 0.717) is 28.9 Å². The number of rotatable bonds is 10. The summed E-state index contributed by atoms with van der Waals surface area (Å²) in [5.41, 5.74) is 2.92. The number of aryl methyl sites for hydroxylation is 1. The van der Waals surface area contributed by atoms with Gasteiger partial charge in [0.1, 0.15) is 0 Å². The summed E-state index contributed by atoms with van der Waals surface area (Å²) in [4.78, 5) is 17.7. The highest BCUT2D eigenvalue weighted by Crippen LogP contribution is 2.35. The number of nitrogens with zero attached hydrogens (tertiary/aromatic N) is 1. The second kappa shape index (κ2) is 11.0. The van der Waals surface area contributed by atoms with E-state index in [0.717, 1.165) is 39.7 Å². The number of hydrogen-bond acceptors (Lipinski definition) is 4. The maximum Gasteiger partial charge on any atom is 0.308 e. The predicted molar refractivity (Wildman–Crippen MR) is 130 cm³/mol. The molecule has 2 aromatic carbocycles. The molecule has 0 amide bonds. The third-order valence-corrected chi connectivity index (χ3v) is 6.73. The summed E-state index contributed by atoms with van der Waals surface area (Å²) < 4.78 is 0. The van der Waals surface area contributed by atoms with E-state index in [4.69, 9.17) is 28.2 Å². The van der Waals surface area contributed by atoms with Crippen molar-refractivity contribution in [3.8, 4) is 11.3 Å². The van der Waals surface area contributed by atoms with Crippen LogP contribution in [0.25, 0.3) is 11.3 Å². The standard InChI is InChI=1S/C24H26Cl2N2O2S/c1-15(2)12-21-22(17-10-11-19(25)20(26)13-17)28-24(31-21)27-14-18(23(29)30)9-8-16-6-4-3-5-7-16/h3-7,10-11,13,15,18H,8-9,12,14H2,1-2H3,(H,27,28)(H,29,30). The Balaban J connectivity index is 1.74. The summed E-state index contributed by atoms with van der Waals surface area (Å²) >= 11 is 13.9. The van der Waals surface area contributed by atoms with Gasteiger partial charge in [-0.05, 0) is 42.9 Å². The summed E-state index contributed by atoms with van der Waals surface area (Å²) in [6.45, 7) is 4.66. The fraction of sp³-hybridized carbons (Fsp3) is 0.333. The lowest BCUT2D eigenvalue weighted by molar-refractivity contribution is -0.141. The van der Waals surface area contributed by atoms with Crippen LogP contribution in [0.4, 0.5) is 5.13 Å². The third-order valence-electron chi connectivity index (χ3n) is 4.96. The molecule has 1 atom stereocenters. The van der Waals surface area contributed by atoms with Crippen LogP contribution < -0.4 is 5.32 Å². The zero-order valence-corrected chi connectivity index (χ0v) is 19.9. The molecule has 0 spiro atoms. The molecule has 0 aliphatic heterocycles. The van der Waals surface area contributed by atoms with E-state index >= 15 is 0 Å². The summed E-state index contributed by atoms with van der Waals surface area (Å²) in [7, 11) is 0. The summed E-state index contributed by atoms with van der Waals surface area (Å²) in [5.74, 6) is -0.828. The van der Waals surface area contributed by atoms with Gasteiger partial charge in [-0.3, -0.25) is 4.79 Å². The number of carboxylic acids is 1. The largest absolute Gasteiger partial charge is 0.481 e. The minimum absolute atomic E-state index is 0.331. The van der Waals surface area contributed by atoms with Crippen LogP contribution >= 0.6 is 34.5 Å². The number of benzene rings is 2. The van der Waals surface area contributed by atoms with E-state index in [1.54, 1.807) is 17.4 Å². The molecule has 2 N–H and O–H groups in total. The van der Waals surface area contributed by atoms with Crippen LogP contribution in [-0.4, -0.2) is 22.6 Å². The molecular weight excluding hydrogens is 451 g/mol. The fourth-order valence-electron chi connectivity index (χ4n) is 3.31. The molecule has 4 nitrogen and oxygen atoms in total. The highest BCUT2D eigenvalue weighted by atomic mass is 35.5. The minimum Gasteiger partial charge on any atom is -0.481 e. The number of carboxylic acid groups (broad SMARTS) is 1. The number of thiazole rings is 1. The van der Waals surface area contributed by atoms with Gasteiger partial charge >= 0.3 is 5.97 Å². The van der Waals surface area contributed by atoms with E-state index in [1.807, 2.05) is 42.5 Å². The van der Waals surface area contributed by atoms with Crippen LogP contribution in [0.3, 0.4) is 0 Å². The molecule has 0 saturated heterocycles. The smallest absolute Gasteiger partial charge is 0.308 e. The molecule has 1 unspecified atom stereocenters. The predicted octanol–water partition coefficient (Wildman–Crippen LogP) is 7.06. The van der Waals surface area contributed by atoms with Crippen molar-refractivity contribution >= 4 is 45.6 Å². The summed E-state index contributed by atoms with van der Waals surface area (Å²) in [6, 6.07) is 15.5. The lowest BCUT2D eigenvalue weighted by atomic mass is 9.99. The quantitative estimate of drug-likeness (QED) is 0.328. The van der Waals surface area contributed by atoms with E-state index < -0.39 is 11.9 Å². The maximum atomic E-state index is 11.8. The number of anilines is 1. The highest BCUT2D eigenvalue weighted by Gasteiger charge is 2.20. The first kappa shape index (κ1) is 23.6. The highest BCUT2D eigenvalue weighted by molar-refractivity contribution is 7.16. The van der Waals surface area contributed by atoms with Gasteiger partial charge in [-0.15, -0.1) is 11.3 Å². The van der Waals surface area contributed by atoms with Crippen LogP contribution in [0, 0.1) is 11.8 Å². The normalized spacial score (nSPS) is 12.2. The van der Waals surface area contributed by atoms with Crippen molar-refractivity contribution in [1.29, 1.82) is 0 Å². The Morgan fingerprint density at radius 2 is 1.87 bits per heavy atom. The van der Waals surface area contributed by atoms with E-state index in [1.165, 1.54) is 0 Å². The molecule has 31 heavy (non-hydrogen) atoms. The Morgan fingerprint density at radius 1 is 1.13 bits per heavy atom. The van der Waals surface area contributed by atoms with Crippen molar-refractivity contribution in [1.82, 2.24) is 4.98 Å². The van der Waals surface area contributed by atoms with Gasteiger partial charge in [0, 0.05) is 17.0 Å². The van der Waals surface area contributed by atoms with Crippen LogP contribution in [0.5, 0.6) is 0 Å². The minimum atomic E-state index is -0.799. The maximum absolute atomic E-state index is 11.8. The number of halogens is 2. The number of aromatic nitrogens is 1. The summed E-state index contributed by atoms with van der Waals surface area (Å²) in [5, 5.41) is 14.6. The number of aliphatic carboxylic acids is 1. The number of hydrogen-bond donors (Lipinski definition) is 2. The molecule has 1 heterocycles. The Hall–Kier alpha value is -2.08. The number of nitrogens with one attached hydrogen (secondary N) is 1. The first-order valence-corrected chi connectivity index (χ1v) is 11.9. The van der Waals surface area contributed by atoms with E-state index in [2.05, 4.69) is 19.2 Å². The van der Waals surface area contributed by atoms with Crippen molar-refractivity contribution in [3.63, 3.8) is 0 Å². The van der Waals surface area contributed by atoms with Crippen molar-refractivity contribution in [2.24, 2.45) is 11.8 Å². The summed E-state index contributed by atoms with van der Waals surface area (Å²) in [6.07, 6.45) is 2.17. The fourth-order valence-corrected chi connectivity index (χ4v) is 4.82. The van der Waals surface area contributed by atoms with Crippen molar-refractivity contribution < 1.29 is 9.90 Å². The Labute approximate surface area is 197 Å². The van der Waals surface area contributed by atoms with E-state index in [-0.39, 0.29) is 0 Å². The van der Waals surface area contributed by atoms with Gasteiger partial charge in [0.2, 0.25) is 0 Å². The molecule has 1 aromatic heterocycles. The van der Waals surface area contributed by atoms with Gasteiger partial charge in [0.15, 0.2) is 5.13 Å². The molecular formula is C24H26Cl2N2O2S. The molecule has 3 rings (SSSR count). The SMILES string of the molecule is CC(C)Cc1sc(NCC(CCc2ccccc2)C(=O)O)nc1-c1ccc(Cl)c(Cl)c1. The van der Waals surface area contributed by atoms with Crippen LogP contribution in [0.1, 0.15) is 30.7 Å². The molecule has 0 radical (unpaired) electrons. The Morgan fingerprint density at radius 3 is 2.52 bits per heavy atom. The van der Waals surface area contributed by atoms with Crippen molar-refractivity contribution in [2.75, 3.05) is 11.9 Å². The molecule has 0 aliphatic carbocycles. The zero-order chi connectivity index (χ0) is 22.4. The average Bonchev–Trinajstić information content (AvgIpc) is 3.12. The molecule has 3 aromatic rings. The van der Waals surface area contributed by atoms with Crippen LogP contribution in [-0.2, 0) is 17.6 Å². The van der Waals surface area contributed by atoms with Crippen LogP contribution in [0.2, 0.25) is 10.0 Å². The van der Waals surface area contributed by atoms with Gasteiger partial charge in [0.05, 0.1) is 21.7 Å². The third kappa shape index (κ3) is 6.70. The number of carbonyl (C=O) groups is 1. The van der Waals surface area contributed by atoms with Gasteiger partial charge in [0.25, 0.3) is 0 Å². The van der Waals surface area contributed by atoms with Gasteiger partial charge in [-0.25, -0.2) is 4.98 Å².